The summed E-state index contributed by atoms with van der Waals surface area (Å²) in [4.78, 5) is 0. The smallest absolute Gasteiger partial charge is 0.242 e. The van der Waals surface area contributed by atoms with Crippen molar-refractivity contribution in [2.45, 2.75) is 19.1 Å². The highest BCUT2D eigenvalue weighted by Crippen LogP contribution is 2.39. The van der Waals surface area contributed by atoms with Gasteiger partial charge >= 0.3 is 0 Å². The minimum absolute atomic E-state index is 0.211. The standard InChI is InChI=1S/C10H10F2O3/c1-2-10(13)5-14-8-6(11)3-4-7(12)9(8)15-10/h3-4,13H,2,5H2,1H3/t10-/m1/s1. The van der Waals surface area contributed by atoms with Crippen LogP contribution in [-0.2, 0) is 0 Å². The van der Waals surface area contributed by atoms with Crippen LogP contribution in [0.3, 0.4) is 0 Å². The van der Waals surface area contributed by atoms with Crippen molar-refractivity contribution in [2.75, 3.05) is 6.61 Å². The molecule has 0 saturated heterocycles. The van der Waals surface area contributed by atoms with E-state index in [1.165, 1.54) is 0 Å². The van der Waals surface area contributed by atoms with E-state index in [1.54, 1.807) is 6.92 Å². The van der Waals surface area contributed by atoms with Crippen molar-refractivity contribution >= 4 is 0 Å². The summed E-state index contributed by atoms with van der Waals surface area (Å²) in [6.07, 6.45) is 0.225. The normalized spacial score (nSPS) is 24.0. The molecule has 3 nitrogen and oxygen atoms in total. The summed E-state index contributed by atoms with van der Waals surface area (Å²) in [5.74, 6) is -3.69. The third kappa shape index (κ3) is 1.63. The van der Waals surface area contributed by atoms with Gasteiger partial charge in [0.05, 0.1) is 0 Å². The Morgan fingerprint density at radius 1 is 1.33 bits per heavy atom. The summed E-state index contributed by atoms with van der Waals surface area (Å²) in [7, 11) is 0. The van der Waals surface area contributed by atoms with E-state index in [1.807, 2.05) is 0 Å². The van der Waals surface area contributed by atoms with Crippen molar-refractivity contribution in [2.24, 2.45) is 0 Å². The first-order valence-corrected chi connectivity index (χ1v) is 4.58. The summed E-state index contributed by atoms with van der Waals surface area (Å²) in [5.41, 5.74) is 0. The lowest BCUT2D eigenvalue weighted by molar-refractivity contribution is -0.178. The highest BCUT2D eigenvalue weighted by molar-refractivity contribution is 5.43. The molecule has 1 N–H and O–H groups in total. The summed E-state index contributed by atoms with van der Waals surface area (Å²) in [6.45, 7) is 1.45. The first-order valence-electron chi connectivity index (χ1n) is 4.58. The molecule has 0 aliphatic carbocycles. The molecule has 0 saturated carbocycles. The fourth-order valence-electron chi connectivity index (χ4n) is 1.32. The van der Waals surface area contributed by atoms with Crippen LogP contribution in [0.4, 0.5) is 8.78 Å². The molecule has 1 aliphatic rings. The molecule has 0 spiro atoms. The second-order valence-corrected chi connectivity index (χ2v) is 3.38. The molecule has 0 fully saturated rings. The SMILES string of the molecule is CC[C@]1(O)COc2c(F)ccc(F)c2O1. The van der Waals surface area contributed by atoms with E-state index in [0.29, 0.717) is 0 Å². The van der Waals surface area contributed by atoms with Gasteiger partial charge in [-0.2, -0.15) is 0 Å². The number of fused-ring (bicyclic) bond motifs is 1. The highest BCUT2D eigenvalue weighted by atomic mass is 19.1. The van der Waals surface area contributed by atoms with Crippen LogP contribution in [0, 0.1) is 11.6 Å². The van der Waals surface area contributed by atoms with Gasteiger partial charge in [0.25, 0.3) is 0 Å². The van der Waals surface area contributed by atoms with Crippen LogP contribution in [0.15, 0.2) is 12.1 Å². The molecule has 82 valence electrons. The lowest BCUT2D eigenvalue weighted by Gasteiger charge is -2.33. The quantitative estimate of drug-likeness (QED) is 0.778. The van der Waals surface area contributed by atoms with Crippen molar-refractivity contribution in [3.8, 4) is 11.5 Å². The maximum atomic E-state index is 13.2. The van der Waals surface area contributed by atoms with Crippen molar-refractivity contribution in [1.82, 2.24) is 0 Å². The second kappa shape index (κ2) is 3.34. The Morgan fingerprint density at radius 2 is 1.93 bits per heavy atom. The van der Waals surface area contributed by atoms with Crippen LogP contribution >= 0.6 is 0 Å². The van der Waals surface area contributed by atoms with E-state index in [0.717, 1.165) is 12.1 Å². The van der Waals surface area contributed by atoms with Gasteiger partial charge in [0, 0.05) is 6.42 Å². The maximum absolute atomic E-state index is 13.2. The van der Waals surface area contributed by atoms with Gasteiger partial charge in [0.1, 0.15) is 0 Å². The maximum Gasteiger partial charge on any atom is 0.242 e. The summed E-state index contributed by atoms with van der Waals surface area (Å²) in [5, 5.41) is 9.71. The van der Waals surface area contributed by atoms with Crippen molar-refractivity contribution in [3.05, 3.63) is 23.8 Å². The first kappa shape index (κ1) is 10.2. The fourth-order valence-corrected chi connectivity index (χ4v) is 1.32. The lowest BCUT2D eigenvalue weighted by Crippen LogP contribution is -2.44. The molecule has 0 bridgehead atoms. The molecule has 0 amide bonds. The Morgan fingerprint density at radius 3 is 2.53 bits per heavy atom. The summed E-state index contributed by atoms with van der Waals surface area (Å²) < 4.78 is 36.3. The molecule has 2 rings (SSSR count). The molecule has 1 aromatic rings. The Bertz CT molecular complexity index is 394. The largest absolute Gasteiger partial charge is 0.480 e. The number of hydrogen-bond donors (Lipinski definition) is 1. The zero-order valence-electron chi connectivity index (χ0n) is 8.09. The van der Waals surface area contributed by atoms with E-state index >= 15 is 0 Å². The molecule has 1 atom stereocenters. The van der Waals surface area contributed by atoms with Crippen LogP contribution in [0.25, 0.3) is 0 Å². The molecule has 1 heterocycles. The van der Waals surface area contributed by atoms with Gasteiger partial charge in [-0.25, -0.2) is 8.78 Å². The second-order valence-electron chi connectivity index (χ2n) is 3.38. The van der Waals surface area contributed by atoms with Crippen molar-refractivity contribution < 1.29 is 23.4 Å². The predicted molar refractivity (Wildman–Crippen MR) is 47.7 cm³/mol. The number of rotatable bonds is 1. The van der Waals surface area contributed by atoms with Crippen LogP contribution in [0.1, 0.15) is 13.3 Å². The number of aliphatic hydroxyl groups is 1. The average Bonchev–Trinajstić information content (AvgIpc) is 2.24. The van der Waals surface area contributed by atoms with Crippen LogP contribution in [0.2, 0.25) is 0 Å². The van der Waals surface area contributed by atoms with E-state index < -0.39 is 17.4 Å². The molecular weight excluding hydrogens is 206 g/mol. The Hall–Kier alpha value is -1.36. The topological polar surface area (TPSA) is 38.7 Å². The zero-order valence-corrected chi connectivity index (χ0v) is 8.09. The van der Waals surface area contributed by atoms with E-state index in [2.05, 4.69) is 0 Å². The monoisotopic (exact) mass is 216 g/mol. The van der Waals surface area contributed by atoms with Gasteiger partial charge in [0.2, 0.25) is 17.3 Å². The van der Waals surface area contributed by atoms with Gasteiger partial charge in [0.15, 0.2) is 18.2 Å². The Balaban J connectivity index is 2.45. The Kier molecular flexibility index (Phi) is 2.26. The highest BCUT2D eigenvalue weighted by Gasteiger charge is 2.36. The number of ether oxygens (including phenoxy) is 2. The van der Waals surface area contributed by atoms with Gasteiger partial charge in [-0.3, -0.25) is 0 Å². The molecule has 1 aromatic carbocycles. The first-order chi connectivity index (χ1) is 7.06. The van der Waals surface area contributed by atoms with Crippen molar-refractivity contribution in [1.29, 1.82) is 0 Å². The van der Waals surface area contributed by atoms with Gasteiger partial charge in [-0.05, 0) is 12.1 Å². The molecule has 15 heavy (non-hydrogen) atoms. The minimum Gasteiger partial charge on any atom is -0.480 e. The third-order valence-corrected chi connectivity index (χ3v) is 2.30. The molecule has 1 aliphatic heterocycles. The fraction of sp³-hybridized carbons (Fsp3) is 0.400. The van der Waals surface area contributed by atoms with Gasteiger partial charge < -0.3 is 14.6 Å². The zero-order chi connectivity index (χ0) is 11.1. The van der Waals surface area contributed by atoms with Crippen molar-refractivity contribution in [3.63, 3.8) is 0 Å². The Labute approximate surface area is 85.2 Å². The summed E-state index contributed by atoms with van der Waals surface area (Å²) in [6, 6.07) is 1.88. The number of benzene rings is 1. The van der Waals surface area contributed by atoms with Crippen LogP contribution < -0.4 is 9.47 Å². The average molecular weight is 216 g/mol. The molecule has 0 unspecified atom stereocenters. The van der Waals surface area contributed by atoms with E-state index in [4.69, 9.17) is 9.47 Å². The van der Waals surface area contributed by atoms with Crippen LogP contribution in [0.5, 0.6) is 11.5 Å². The number of hydrogen-bond acceptors (Lipinski definition) is 3. The summed E-state index contributed by atoms with van der Waals surface area (Å²) >= 11 is 0. The van der Waals surface area contributed by atoms with E-state index in [9.17, 15) is 13.9 Å². The lowest BCUT2D eigenvalue weighted by atomic mass is 10.2. The molecule has 0 aromatic heterocycles. The number of halogens is 2. The predicted octanol–water partition coefficient (Wildman–Crippen LogP) is 1.83. The van der Waals surface area contributed by atoms with E-state index in [-0.39, 0.29) is 24.5 Å². The molecular formula is C10H10F2O3. The van der Waals surface area contributed by atoms with Crippen LogP contribution in [-0.4, -0.2) is 17.5 Å². The van der Waals surface area contributed by atoms with Gasteiger partial charge in [-0.15, -0.1) is 0 Å². The minimum atomic E-state index is -1.58. The molecule has 5 heteroatoms. The third-order valence-electron chi connectivity index (χ3n) is 2.30. The van der Waals surface area contributed by atoms with Gasteiger partial charge in [-0.1, -0.05) is 6.92 Å². The molecule has 0 radical (unpaired) electrons.